The molecule has 9 heavy (non-hydrogen) atoms. The summed E-state index contributed by atoms with van der Waals surface area (Å²) in [5.41, 5.74) is 3.27. The molecule has 0 N–H and O–H groups in total. The molecule has 48 valence electrons. The smallest absolute Gasteiger partial charge is 0.0279 e. The topological polar surface area (TPSA) is 0 Å². The maximum absolute atomic E-state index is 2.40. The van der Waals surface area contributed by atoms with Gasteiger partial charge in [-0.2, -0.15) is 0 Å². The highest BCUT2D eigenvalue weighted by Gasteiger charge is 2.12. The maximum atomic E-state index is 2.40. The van der Waals surface area contributed by atoms with Crippen LogP contribution in [0.25, 0.3) is 0 Å². The highest BCUT2D eigenvalue weighted by molar-refractivity contribution is 5.31. The molecule has 0 aromatic carbocycles. The fourth-order valence-corrected chi connectivity index (χ4v) is 1.31. The molecule has 0 spiro atoms. The van der Waals surface area contributed by atoms with Gasteiger partial charge in [0.15, 0.2) is 0 Å². The first-order valence-electron chi connectivity index (χ1n) is 3.83. The van der Waals surface area contributed by atoms with Gasteiger partial charge in [0.25, 0.3) is 0 Å². The van der Waals surface area contributed by atoms with Crippen molar-refractivity contribution in [2.75, 3.05) is 0 Å². The Bertz CT molecular complexity index is 166. The van der Waals surface area contributed by atoms with Gasteiger partial charge in [-0.05, 0) is 32.1 Å². The Kier molecular flexibility index (Phi) is 1.18. The third-order valence-electron chi connectivity index (χ3n) is 2.00. The van der Waals surface area contributed by atoms with Crippen LogP contribution < -0.4 is 0 Å². The van der Waals surface area contributed by atoms with E-state index in [0.29, 0.717) is 0 Å². The molecule has 0 amide bonds. The van der Waals surface area contributed by atoms with Gasteiger partial charge >= 0.3 is 0 Å². The molecule has 2 rings (SSSR count). The van der Waals surface area contributed by atoms with Gasteiger partial charge in [0.2, 0.25) is 0 Å². The molecule has 0 bridgehead atoms. The van der Waals surface area contributed by atoms with Crippen LogP contribution in [0.15, 0.2) is 23.3 Å². The van der Waals surface area contributed by atoms with E-state index in [0.717, 1.165) is 0 Å². The quantitative estimate of drug-likeness (QED) is 0.499. The lowest BCUT2D eigenvalue weighted by Crippen LogP contribution is -1.66. The standard InChI is InChI=1S/C9H12/c1-2-4-8(3-1)7-9-5-6-9/h3,7H,1-2,4-6H2. The van der Waals surface area contributed by atoms with Crippen LogP contribution in [0.4, 0.5) is 0 Å². The van der Waals surface area contributed by atoms with Crippen LogP contribution >= 0.6 is 0 Å². The first kappa shape index (κ1) is 5.28. The Morgan fingerprint density at radius 3 is 2.67 bits per heavy atom. The fourth-order valence-electron chi connectivity index (χ4n) is 1.31. The van der Waals surface area contributed by atoms with E-state index < -0.39 is 0 Å². The van der Waals surface area contributed by atoms with Gasteiger partial charge in [-0.25, -0.2) is 0 Å². The van der Waals surface area contributed by atoms with E-state index in [1.54, 1.807) is 11.1 Å². The second kappa shape index (κ2) is 2.02. The van der Waals surface area contributed by atoms with Crippen molar-refractivity contribution in [2.24, 2.45) is 0 Å². The first-order chi connectivity index (χ1) is 4.45. The molecular formula is C9H12. The first-order valence-corrected chi connectivity index (χ1v) is 3.83. The minimum absolute atomic E-state index is 1.32. The summed E-state index contributed by atoms with van der Waals surface area (Å²) in [4.78, 5) is 0. The third kappa shape index (κ3) is 1.24. The normalized spacial score (nSPS) is 24.0. The highest BCUT2D eigenvalue weighted by Crippen LogP contribution is 2.31. The fraction of sp³-hybridized carbons (Fsp3) is 0.556. The van der Waals surface area contributed by atoms with Gasteiger partial charge in [-0.1, -0.05) is 23.3 Å². The Hall–Kier alpha value is -0.520. The zero-order valence-electron chi connectivity index (χ0n) is 5.69. The SMILES string of the molecule is C1=C(C=C2CC2)CCC1. The molecule has 0 heteroatoms. The summed E-state index contributed by atoms with van der Waals surface area (Å²) < 4.78 is 0. The minimum atomic E-state index is 1.32. The van der Waals surface area contributed by atoms with E-state index in [-0.39, 0.29) is 0 Å². The number of allylic oxidation sites excluding steroid dienone is 4. The minimum Gasteiger partial charge on any atom is -0.0813 e. The molecule has 1 saturated carbocycles. The largest absolute Gasteiger partial charge is 0.0813 e. The summed E-state index contributed by atoms with van der Waals surface area (Å²) in [7, 11) is 0. The van der Waals surface area contributed by atoms with E-state index in [2.05, 4.69) is 12.2 Å². The molecule has 1 fully saturated rings. The molecule has 0 aromatic rings. The number of rotatable bonds is 1. The molecule has 0 nitrogen and oxygen atoms in total. The lowest BCUT2D eigenvalue weighted by molar-refractivity contribution is 0.916. The van der Waals surface area contributed by atoms with Crippen molar-refractivity contribution in [3.05, 3.63) is 23.3 Å². The van der Waals surface area contributed by atoms with E-state index in [1.807, 2.05) is 0 Å². The van der Waals surface area contributed by atoms with E-state index in [9.17, 15) is 0 Å². The Balaban J connectivity index is 2.04. The summed E-state index contributed by atoms with van der Waals surface area (Å²) in [5.74, 6) is 0. The third-order valence-corrected chi connectivity index (χ3v) is 2.00. The zero-order valence-corrected chi connectivity index (χ0v) is 5.69. The average Bonchev–Trinajstić information content (AvgIpc) is 2.46. The number of hydrogen-bond donors (Lipinski definition) is 0. The van der Waals surface area contributed by atoms with Gasteiger partial charge in [0.05, 0.1) is 0 Å². The molecule has 0 radical (unpaired) electrons. The molecule has 0 aromatic heterocycles. The Labute approximate surface area is 56.3 Å². The molecule has 0 heterocycles. The van der Waals surface area contributed by atoms with Crippen molar-refractivity contribution in [1.82, 2.24) is 0 Å². The van der Waals surface area contributed by atoms with Crippen molar-refractivity contribution in [2.45, 2.75) is 32.1 Å². The summed E-state index contributed by atoms with van der Waals surface area (Å²) in [6.45, 7) is 0. The van der Waals surface area contributed by atoms with Crippen LogP contribution in [0, 0.1) is 0 Å². The van der Waals surface area contributed by atoms with Crippen molar-refractivity contribution in [3.8, 4) is 0 Å². The van der Waals surface area contributed by atoms with E-state index >= 15 is 0 Å². The molecule has 2 aliphatic rings. The average molecular weight is 120 g/mol. The molecule has 2 aliphatic carbocycles. The second-order valence-corrected chi connectivity index (χ2v) is 2.97. The summed E-state index contributed by atoms with van der Waals surface area (Å²) in [6, 6.07) is 0. The van der Waals surface area contributed by atoms with Crippen LogP contribution in [-0.2, 0) is 0 Å². The number of hydrogen-bond acceptors (Lipinski definition) is 0. The van der Waals surface area contributed by atoms with Crippen LogP contribution in [0.5, 0.6) is 0 Å². The van der Waals surface area contributed by atoms with Crippen molar-refractivity contribution >= 4 is 0 Å². The van der Waals surface area contributed by atoms with Crippen molar-refractivity contribution in [3.63, 3.8) is 0 Å². The maximum Gasteiger partial charge on any atom is -0.0279 e. The second-order valence-electron chi connectivity index (χ2n) is 2.97. The van der Waals surface area contributed by atoms with Crippen molar-refractivity contribution in [1.29, 1.82) is 0 Å². The predicted molar refractivity (Wildman–Crippen MR) is 39.3 cm³/mol. The van der Waals surface area contributed by atoms with E-state index in [4.69, 9.17) is 0 Å². The monoisotopic (exact) mass is 120 g/mol. The van der Waals surface area contributed by atoms with E-state index in [1.165, 1.54) is 32.1 Å². The molecule has 0 aliphatic heterocycles. The Morgan fingerprint density at radius 2 is 2.11 bits per heavy atom. The van der Waals surface area contributed by atoms with Gasteiger partial charge in [0, 0.05) is 0 Å². The summed E-state index contributed by atoms with van der Waals surface area (Å²) >= 11 is 0. The van der Waals surface area contributed by atoms with Crippen LogP contribution in [0.3, 0.4) is 0 Å². The molecule has 0 atom stereocenters. The molecular weight excluding hydrogens is 108 g/mol. The lowest BCUT2D eigenvalue weighted by atomic mass is 10.2. The molecule has 0 unspecified atom stereocenters. The van der Waals surface area contributed by atoms with Crippen LogP contribution in [-0.4, -0.2) is 0 Å². The van der Waals surface area contributed by atoms with Crippen LogP contribution in [0.1, 0.15) is 32.1 Å². The highest BCUT2D eigenvalue weighted by atomic mass is 14.2. The van der Waals surface area contributed by atoms with Gasteiger partial charge in [0.1, 0.15) is 0 Å². The van der Waals surface area contributed by atoms with Gasteiger partial charge in [-0.3, -0.25) is 0 Å². The van der Waals surface area contributed by atoms with Crippen molar-refractivity contribution < 1.29 is 0 Å². The van der Waals surface area contributed by atoms with Crippen LogP contribution in [0.2, 0.25) is 0 Å². The predicted octanol–water partition coefficient (Wildman–Crippen LogP) is 2.82. The summed E-state index contributed by atoms with van der Waals surface area (Å²) in [5, 5.41) is 0. The Morgan fingerprint density at radius 1 is 1.22 bits per heavy atom. The molecule has 0 saturated heterocycles. The zero-order chi connectivity index (χ0) is 6.10. The van der Waals surface area contributed by atoms with Gasteiger partial charge < -0.3 is 0 Å². The summed E-state index contributed by atoms with van der Waals surface area (Å²) in [6.07, 6.45) is 11.6. The van der Waals surface area contributed by atoms with Gasteiger partial charge in [-0.15, -0.1) is 0 Å². The lowest BCUT2D eigenvalue weighted by Gasteiger charge is -1.86.